The third-order valence-corrected chi connectivity index (χ3v) is 7.60. The van der Waals surface area contributed by atoms with Crippen LogP contribution in [0.1, 0.15) is 51.7 Å². The highest BCUT2D eigenvalue weighted by Gasteiger charge is 2.38. The van der Waals surface area contributed by atoms with Crippen LogP contribution in [-0.2, 0) is 36.2 Å². The number of halogens is 5. The number of fused-ring (bicyclic) bond motifs is 1. The molecular formula is C30H30F5N3O5. The Labute approximate surface area is 243 Å². The minimum Gasteiger partial charge on any atom is -0.480 e. The Bertz CT molecular complexity index is 1630. The molecule has 43 heavy (non-hydrogen) atoms. The van der Waals surface area contributed by atoms with Gasteiger partial charge in [-0.2, -0.15) is 13.2 Å². The van der Waals surface area contributed by atoms with E-state index in [4.69, 9.17) is 4.74 Å². The SMILES string of the molecule is CC[C@@H](Nc1cc(F)c(C(=O)N[C@@H](Cc2ccc(-c3c(C)cc(C)n(C)c3=O)c3c2COC3)C(=O)O)c(F)c1)C(F)(F)F. The van der Waals surface area contributed by atoms with Crippen LogP contribution in [-0.4, -0.2) is 39.8 Å². The van der Waals surface area contributed by atoms with E-state index in [1.54, 1.807) is 19.2 Å². The molecule has 3 N–H and O–H groups in total. The third-order valence-electron chi connectivity index (χ3n) is 7.60. The van der Waals surface area contributed by atoms with E-state index in [1.807, 2.05) is 25.2 Å². The zero-order valence-corrected chi connectivity index (χ0v) is 23.8. The third kappa shape index (κ3) is 6.41. The number of alkyl halides is 3. The number of aromatic nitrogens is 1. The maximum Gasteiger partial charge on any atom is 0.408 e. The quantitative estimate of drug-likeness (QED) is 0.290. The van der Waals surface area contributed by atoms with Crippen molar-refractivity contribution in [3.05, 3.63) is 85.8 Å². The molecule has 4 rings (SSSR count). The van der Waals surface area contributed by atoms with E-state index < -0.39 is 59.4 Å². The summed E-state index contributed by atoms with van der Waals surface area (Å²) in [6.45, 7) is 5.16. The van der Waals surface area contributed by atoms with Gasteiger partial charge in [-0.1, -0.05) is 19.1 Å². The monoisotopic (exact) mass is 607 g/mol. The van der Waals surface area contributed by atoms with Crippen LogP contribution >= 0.6 is 0 Å². The van der Waals surface area contributed by atoms with Crippen LogP contribution < -0.4 is 16.2 Å². The number of pyridine rings is 1. The molecule has 0 saturated heterocycles. The van der Waals surface area contributed by atoms with Crippen molar-refractivity contribution < 1.29 is 41.4 Å². The summed E-state index contributed by atoms with van der Waals surface area (Å²) in [4.78, 5) is 38.0. The molecule has 1 aliphatic rings. The molecule has 0 unspecified atom stereocenters. The number of ether oxygens (including phenoxy) is 1. The molecule has 0 bridgehead atoms. The molecule has 0 radical (unpaired) electrons. The summed E-state index contributed by atoms with van der Waals surface area (Å²) >= 11 is 0. The van der Waals surface area contributed by atoms with Gasteiger partial charge in [0.2, 0.25) is 0 Å². The molecule has 0 spiro atoms. The number of aryl methyl sites for hydroxylation is 2. The van der Waals surface area contributed by atoms with E-state index in [1.165, 1.54) is 11.5 Å². The van der Waals surface area contributed by atoms with Gasteiger partial charge in [-0.15, -0.1) is 0 Å². The molecule has 13 heteroatoms. The van der Waals surface area contributed by atoms with Crippen LogP contribution in [0.5, 0.6) is 0 Å². The molecule has 8 nitrogen and oxygen atoms in total. The smallest absolute Gasteiger partial charge is 0.408 e. The Balaban J connectivity index is 1.61. The van der Waals surface area contributed by atoms with E-state index in [9.17, 15) is 41.4 Å². The van der Waals surface area contributed by atoms with Gasteiger partial charge < -0.3 is 25.0 Å². The van der Waals surface area contributed by atoms with Gasteiger partial charge >= 0.3 is 12.1 Å². The minimum atomic E-state index is -4.68. The Hall–Kier alpha value is -4.26. The van der Waals surface area contributed by atoms with E-state index >= 15 is 0 Å². The van der Waals surface area contributed by atoms with Gasteiger partial charge in [0.15, 0.2) is 0 Å². The van der Waals surface area contributed by atoms with Crippen molar-refractivity contribution >= 4 is 17.6 Å². The molecule has 3 aromatic rings. The van der Waals surface area contributed by atoms with E-state index in [-0.39, 0.29) is 25.2 Å². The summed E-state index contributed by atoms with van der Waals surface area (Å²) in [5.41, 5.74) is 2.62. The number of rotatable bonds is 9. The highest BCUT2D eigenvalue weighted by Crippen LogP contribution is 2.34. The summed E-state index contributed by atoms with van der Waals surface area (Å²) < 4.78 is 75.9. The van der Waals surface area contributed by atoms with Gasteiger partial charge in [-0.25, -0.2) is 13.6 Å². The summed E-state index contributed by atoms with van der Waals surface area (Å²) in [5.74, 6) is -5.80. The van der Waals surface area contributed by atoms with Crippen molar-refractivity contribution in [2.45, 2.75) is 65.1 Å². The second-order valence-corrected chi connectivity index (χ2v) is 10.5. The maximum atomic E-state index is 14.8. The summed E-state index contributed by atoms with van der Waals surface area (Å²) in [6, 6.07) is 2.57. The van der Waals surface area contributed by atoms with E-state index in [2.05, 4.69) is 5.32 Å². The number of hydrogen-bond donors (Lipinski definition) is 3. The highest BCUT2D eigenvalue weighted by atomic mass is 19.4. The number of amides is 1. The number of carboxylic acids is 1. The Morgan fingerprint density at radius 2 is 1.70 bits per heavy atom. The highest BCUT2D eigenvalue weighted by molar-refractivity contribution is 5.97. The number of carbonyl (C=O) groups excluding carboxylic acids is 1. The molecule has 230 valence electrons. The molecule has 1 aliphatic heterocycles. The minimum absolute atomic E-state index is 0.123. The normalized spacial score (nSPS) is 14.3. The predicted octanol–water partition coefficient (Wildman–Crippen LogP) is 5.16. The maximum absolute atomic E-state index is 14.8. The summed E-state index contributed by atoms with van der Waals surface area (Å²) in [5, 5.41) is 13.9. The lowest BCUT2D eigenvalue weighted by molar-refractivity contribution is -0.143. The van der Waals surface area contributed by atoms with Gasteiger partial charge in [0.05, 0.1) is 18.8 Å². The molecule has 2 aromatic carbocycles. The second-order valence-electron chi connectivity index (χ2n) is 10.5. The predicted molar refractivity (Wildman–Crippen MR) is 148 cm³/mol. The van der Waals surface area contributed by atoms with Crippen molar-refractivity contribution in [3.8, 4) is 11.1 Å². The molecule has 1 amide bonds. The first-order chi connectivity index (χ1) is 20.1. The van der Waals surface area contributed by atoms with Crippen molar-refractivity contribution in [3.63, 3.8) is 0 Å². The van der Waals surface area contributed by atoms with Crippen LogP contribution in [0.3, 0.4) is 0 Å². The topological polar surface area (TPSA) is 110 Å². The average Bonchev–Trinajstić information content (AvgIpc) is 3.40. The standard InChI is InChI=1S/C30H30F5N3O5/c1-5-24(30(33,34)35)36-17-10-21(31)26(22(32)11-17)27(39)37-23(29(41)42)9-16-6-7-18(20-13-43-12-19(16)20)25-14(2)8-15(3)38(4)28(25)40/h6-8,10-11,23-24,36H,5,9,12-13H2,1-4H3,(H,37,39)(H,41,42)/t23-,24+/m0/s1. The fraction of sp³-hybridized carbons (Fsp3) is 0.367. The lowest BCUT2D eigenvalue weighted by atomic mass is 9.90. The molecule has 0 fully saturated rings. The number of aliphatic carboxylic acids is 1. The van der Waals surface area contributed by atoms with Gasteiger partial charge in [-0.05, 0) is 66.3 Å². The van der Waals surface area contributed by atoms with Gasteiger partial charge in [0, 0.05) is 24.8 Å². The Kier molecular flexibility index (Phi) is 8.95. The molecule has 0 aliphatic carbocycles. The first-order valence-corrected chi connectivity index (χ1v) is 13.4. The number of anilines is 1. The fourth-order valence-corrected chi connectivity index (χ4v) is 5.21. The first kappa shape index (κ1) is 31.7. The first-order valence-electron chi connectivity index (χ1n) is 13.4. The van der Waals surface area contributed by atoms with Crippen molar-refractivity contribution in [2.24, 2.45) is 7.05 Å². The van der Waals surface area contributed by atoms with Gasteiger partial charge in [0.1, 0.15) is 29.3 Å². The lowest BCUT2D eigenvalue weighted by Gasteiger charge is -2.22. The van der Waals surface area contributed by atoms with Gasteiger partial charge in [0.25, 0.3) is 11.5 Å². The molecule has 2 heterocycles. The summed E-state index contributed by atoms with van der Waals surface area (Å²) in [7, 11) is 1.66. The Morgan fingerprint density at radius 3 is 2.28 bits per heavy atom. The van der Waals surface area contributed by atoms with Crippen molar-refractivity contribution in [2.75, 3.05) is 5.32 Å². The average molecular weight is 608 g/mol. The van der Waals surface area contributed by atoms with Crippen LogP contribution in [0, 0.1) is 25.5 Å². The fourth-order valence-electron chi connectivity index (χ4n) is 5.21. The number of carboxylic acid groups (broad SMARTS) is 1. The zero-order valence-electron chi connectivity index (χ0n) is 23.8. The second kappa shape index (κ2) is 12.2. The molecular weight excluding hydrogens is 577 g/mol. The number of benzene rings is 2. The molecule has 0 saturated carbocycles. The largest absolute Gasteiger partial charge is 0.480 e. The molecule has 2 atom stereocenters. The zero-order chi connectivity index (χ0) is 31.8. The van der Waals surface area contributed by atoms with Crippen molar-refractivity contribution in [1.82, 2.24) is 9.88 Å². The molecule has 1 aromatic heterocycles. The van der Waals surface area contributed by atoms with E-state index in [0.717, 1.165) is 11.3 Å². The summed E-state index contributed by atoms with van der Waals surface area (Å²) in [6.07, 6.45) is -5.36. The van der Waals surface area contributed by atoms with Crippen LogP contribution in [0.15, 0.2) is 35.1 Å². The number of nitrogens with zero attached hydrogens (tertiary/aromatic N) is 1. The van der Waals surface area contributed by atoms with Crippen LogP contribution in [0.2, 0.25) is 0 Å². The number of nitrogens with one attached hydrogen (secondary N) is 2. The van der Waals surface area contributed by atoms with Gasteiger partial charge in [-0.3, -0.25) is 9.59 Å². The van der Waals surface area contributed by atoms with Crippen molar-refractivity contribution in [1.29, 1.82) is 0 Å². The number of hydrogen-bond acceptors (Lipinski definition) is 5. The number of carbonyl (C=O) groups is 2. The Morgan fingerprint density at radius 1 is 1.07 bits per heavy atom. The lowest BCUT2D eigenvalue weighted by Crippen LogP contribution is -2.43. The van der Waals surface area contributed by atoms with E-state index in [0.29, 0.717) is 39.9 Å². The van der Waals surface area contributed by atoms with Crippen LogP contribution in [0.4, 0.5) is 27.6 Å². The van der Waals surface area contributed by atoms with Crippen LogP contribution in [0.25, 0.3) is 11.1 Å².